The summed E-state index contributed by atoms with van der Waals surface area (Å²) >= 11 is 9.74. The molecule has 0 aliphatic heterocycles. The third kappa shape index (κ3) is 2.85. The van der Waals surface area contributed by atoms with Crippen molar-refractivity contribution in [2.24, 2.45) is 0 Å². The lowest BCUT2D eigenvalue weighted by Gasteiger charge is -2.20. The van der Waals surface area contributed by atoms with Crippen LogP contribution in [0.15, 0.2) is 41.0 Å². The van der Waals surface area contributed by atoms with Gasteiger partial charge in [-0.25, -0.2) is 4.98 Å². The van der Waals surface area contributed by atoms with Gasteiger partial charge in [0.15, 0.2) is 0 Å². The maximum absolute atomic E-state index is 6.17. The van der Waals surface area contributed by atoms with Crippen molar-refractivity contribution in [3.8, 4) is 0 Å². The second kappa shape index (κ2) is 5.72. The molecule has 0 spiro atoms. The molecule has 0 radical (unpaired) electrons. The number of anilines is 1. The van der Waals surface area contributed by atoms with E-state index in [-0.39, 0.29) is 0 Å². The number of benzene rings is 1. The van der Waals surface area contributed by atoms with E-state index in [0.29, 0.717) is 0 Å². The average molecular weight is 326 g/mol. The van der Waals surface area contributed by atoms with Gasteiger partial charge in [0.25, 0.3) is 0 Å². The van der Waals surface area contributed by atoms with Crippen LogP contribution in [-0.2, 0) is 6.54 Å². The van der Waals surface area contributed by atoms with Crippen LogP contribution in [0, 0.1) is 6.92 Å². The molecule has 2 aromatic rings. The lowest BCUT2D eigenvalue weighted by Crippen LogP contribution is -2.18. The van der Waals surface area contributed by atoms with Crippen LogP contribution in [0.2, 0.25) is 5.02 Å². The molecule has 0 atom stereocenters. The number of pyridine rings is 1. The van der Waals surface area contributed by atoms with Crippen LogP contribution in [0.1, 0.15) is 11.1 Å². The van der Waals surface area contributed by atoms with Crippen LogP contribution in [0.5, 0.6) is 0 Å². The maximum atomic E-state index is 6.17. The summed E-state index contributed by atoms with van der Waals surface area (Å²) in [6.07, 6.45) is 1.82. The van der Waals surface area contributed by atoms with Crippen molar-refractivity contribution >= 4 is 33.3 Å². The zero-order valence-electron chi connectivity index (χ0n) is 10.3. The Morgan fingerprint density at radius 3 is 2.72 bits per heavy atom. The first-order valence-corrected chi connectivity index (χ1v) is 6.82. The molecule has 18 heavy (non-hydrogen) atoms. The van der Waals surface area contributed by atoms with Crippen LogP contribution in [-0.4, -0.2) is 12.0 Å². The quantitative estimate of drug-likeness (QED) is 0.829. The minimum atomic E-state index is 0.731. The molecule has 0 bridgehead atoms. The van der Waals surface area contributed by atoms with Crippen LogP contribution in [0.3, 0.4) is 0 Å². The number of hydrogen-bond acceptors (Lipinski definition) is 2. The van der Waals surface area contributed by atoms with Gasteiger partial charge in [-0.2, -0.15) is 0 Å². The first-order valence-electron chi connectivity index (χ1n) is 5.65. The van der Waals surface area contributed by atoms with E-state index in [1.165, 1.54) is 5.56 Å². The molecule has 1 aromatic heterocycles. The fourth-order valence-electron chi connectivity index (χ4n) is 1.75. The number of hydrogen-bond donors (Lipinski definition) is 0. The highest BCUT2D eigenvalue weighted by Gasteiger charge is 2.10. The van der Waals surface area contributed by atoms with Crippen molar-refractivity contribution in [3.63, 3.8) is 0 Å². The molecule has 0 amide bonds. The second-order valence-corrected chi connectivity index (χ2v) is 5.41. The van der Waals surface area contributed by atoms with E-state index in [2.05, 4.69) is 32.7 Å². The molecule has 0 aliphatic carbocycles. The number of aromatic nitrogens is 1. The van der Waals surface area contributed by atoms with Crippen molar-refractivity contribution < 1.29 is 0 Å². The Morgan fingerprint density at radius 1 is 1.28 bits per heavy atom. The molecule has 0 saturated heterocycles. The van der Waals surface area contributed by atoms with Gasteiger partial charge in [0.2, 0.25) is 0 Å². The highest BCUT2D eigenvalue weighted by Crippen LogP contribution is 2.27. The van der Waals surface area contributed by atoms with Crippen molar-refractivity contribution in [1.29, 1.82) is 0 Å². The van der Waals surface area contributed by atoms with E-state index < -0.39 is 0 Å². The molecule has 1 aromatic carbocycles. The summed E-state index contributed by atoms with van der Waals surface area (Å²) in [5, 5.41) is 0.785. The molecular weight excluding hydrogens is 312 g/mol. The van der Waals surface area contributed by atoms with Crippen molar-refractivity contribution in [2.75, 3.05) is 11.9 Å². The van der Waals surface area contributed by atoms with Gasteiger partial charge in [-0.05, 0) is 46.1 Å². The van der Waals surface area contributed by atoms with E-state index >= 15 is 0 Å². The normalized spacial score (nSPS) is 10.4. The van der Waals surface area contributed by atoms with E-state index in [1.54, 1.807) is 0 Å². The number of nitrogens with zero attached hydrogens (tertiary/aromatic N) is 2. The number of rotatable bonds is 3. The Hall–Kier alpha value is -1.06. The van der Waals surface area contributed by atoms with Crippen LogP contribution in [0.4, 0.5) is 5.82 Å². The third-order valence-electron chi connectivity index (χ3n) is 2.79. The summed E-state index contributed by atoms with van der Waals surface area (Å²) in [6.45, 7) is 2.79. The largest absolute Gasteiger partial charge is 0.354 e. The standard InChI is InChI=1S/C14H14BrClN2/c1-10-7-8-17-14(13(10)15)18(2)9-11-5-3-4-6-12(11)16/h3-8H,9H2,1-2H3. The Morgan fingerprint density at radius 2 is 2.00 bits per heavy atom. The Kier molecular flexibility index (Phi) is 4.25. The molecule has 1 heterocycles. The monoisotopic (exact) mass is 324 g/mol. The minimum absolute atomic E-state index is 0.731. The molecule has 0 N–H and O–H groups in total. The van der Waals surface area contributed by atoms with Gasteiger partial charge in [-0.3, -0.25) is 0 Å². The maximum Gasteiger partial charge on any atom is 0.143 e. The Bertz CT molecular complexity index is 557. The smallest absolute Gasteiger partial charge is 0.143 e. The summed E-state index contributed by atoms with van der Waals surface area (Å²) in [5.74, 6) is 0.926. The molecule has 0 aliphatic rings. The van der Waals surface area contributed by atoms with E-state index in [1.807, 2.05) is 43.6 Å². The zero-order valence-corrected chi connectivity index (χ0v) is 12.7. The van der Waals surface area contributed by atoms with Gasteiger partial charge in [-0.1, -0.05) is 29.8 Å². The van der Waals surface area contributed by atoms with Gasteiger partial charge in [-0.15, -0.1) is 0 Å². The highest BCUT2D eigenvalue weighted by molar-refractivity contribution is 9.10. The molecule has 0 fully saturated rings. The molecular formula is C14H14BrClN2. The summed E-state index contributed by atoms with van der Waals surface area (Å²) in [5.41, 5.74) is 2.27. The minimum Gasteiger partial charge on any atom is -0.354 e. The van der Waals surface area contributed by atoms with Crippen LogP contribution >= 0.6 is 27.5 Å². The lowest BCUT2D eigenvalue weighted by atomic mass is 10.2. The first-order chi connectivity index (χ1) is 8.59. The average Bonchev–Trinajstić information content (AvgIpc) is 2.35. The van der Waals surface area contributed by atoms with Crippen LogP contribution in [0.25, 0.3) is 0 Å². The molecule has 2 rings (SSSR count). The fraction of sp³-hybridized carbons (Fsp3) is 0.214. The van der Waals surface area contributed by atoms with Crippen LogP contribution < -0.4 is 4.90 Å². The fourth-order valence-corrected chi connectivity index (χ4v) is 2.48. The van der Waals surface area contributed by atoms with Gasteiger partial charge < -0.3 is 4.90 Å². The molecule has 0 unspecified atom stereocenters. The predicted molar refractivity (Wildman–Crippen MR) is 80.2 cm³/mol. The third-order valence-corrected chi connectivity index (χ3v) is 4.14. The predicted octanol–water partition coefficient (Wildman–Crippen LogP) is 4.44. The molecule has 4 heteroatoms. The highest BCUT2D eigenvalue weighted by atomic mass is 79.9. The van der Waals surface area contributed by atoms with Crippen molar-refractivity contribution in [3.05, 3.63) is 57.2 Å². The zero-order chi connectivity index (χ0) is 13.1. The molecule has 0 saturated carbocycles. The van der Waals surface area contributed by atoms with Crippen molar-refractivity contribution in [1.82, 2.24) is 4.98 Å². The summed E-state index contributed by atoms with van der Waals surface area (Å²) in [6, 6.07) is 9.85. The Labute approximate surface area is 121 Å². The van der Waals surface area contributed by atoms with E-state index in [9.17, 15) is 0 Å². The summed E-state index contributed by atoms with van der Waals surface area (Å²) < 4.78 is 1.03. The van der Waals surface area contributed by atoms with Gasteiger partial charge in [0.1, 0.15) is 5.82 Å². The number of aryl methyl sites for hydroxylation is 1. The summed E-state index contributed by atoms with van der Waals surface area (Å²) in [4.78, 5) is 6.48. The van der Waals surface area contributed by atoms with E-state index in [4.69, 9.17) is 11.6 Å². The Balaban J connectivity index is 2.25. The molecule has 94 valence electrons. The topological polar surface area (TPSA) is 16.1 Å². The van der Waals surface area contributed by atoms with Crippen molar-refractivity contribution in [2.45, 2.75) is 13.5 Å². The first kappa shape index (κ1) is 13.4. The second-order valence-electron chi connectivity index (χ2n) is 4.21. The SMILES string of the molecule is Cc1ccnc(N(C)Cc2ccccc2Cl)c1Br. The number of halogens is 2. The molecule has 2 nitrogen and oxygen atoms in total. The summed E-state index contributed by atoms with van der Waals surface area (Å²) in [7, 11) is 2.01. The lowest BCUT2D eigenvalue weighted by molar-refractivity contribution is 0.892. The van der Waals surface area contributed by atoms with Gasteiger partial charge in [0.05, 0.1) is 4.47 Å². The van der Waals surface area contributed by atoms with E-state index in [0.717, 1.165) is 27.4 Å². The van der Waals surface area contributed by atoms with Gasteiger partial charge >= 0.3 is 0 Å². The van der Waals surface area contributed by atoms with Gasteiger partial charge in [0, 0.05) is 24.8 Å².